The molecule has 2 aromatic rings. The van der Waals surface area contributed by atoms with E-state index in [-0.39, 0.29) is 17.2 Å². The summed E-state index contributed by atoms with van der Waals surface area (Å²) in [6.45, 7) is 2.19. The van der Waals surface area contributed by atoms with Crippen LogP contribution in [0.4, 0.5) is 0 Å². The summed E-state index contributed by atoms with van der Waals surface area (Å²) < 4.78 is 10.5. The van der Waals surface area contributed by atoms with Crippen molar-refractivity contribution in [3.63, 3.8) is 0 Å². The van der Waals surface area contributed by atoms with Crippen LogP contribution in [0, 0.1) is 0 Å². The number of rotatable bonds is 5. The lowest BCUT2D eigenvalue weighted by molar-refractivity contribution is -0.135. The fourth-order valence-electron chi connectivity index (χ4n) is 4.08. The van der Waals surface area contributed by atoms with Crippen LogP contribution < -0.4 is 9.47 Å². The second kappa shape index (κ2) is 7.78. The summed E-state index contributed by atoms with van der Waals surface area (Å²) >= 11 is 0. The van der Waals surface area contributed by atoms with Crippen LogP contribution in [0.3, 0.4) is 0 Å². The average molecular weight is 394 g/mol. The molecule has 0 bridgehead atoms. The smallest absolute Gasteiger partial charge is 0.254 e. The van der Waals surface area contributed by atoms with Crippen molar-refractivity contribution in [3.8, 4) is 11.5 Å². The van der Waals surface area contributed by atoms with E-state index in [0.29, 0.717) is 43.2 Å². The van der Waals surface area contributed by atoms with E-state index in [0.717, 1.165) is 18.4 Å². The van der Waals surface area contributed by atoms with E-state index in [9.17, 15) is 9.59 Å². The highest BCUT2D eigenvalue weighted by molar-refractivity contribution is 5.95. The van der Waals surface area contributed by atoms with Crippen LogP contribution in [0.5, 0.6) is 11.5 Å². The Hall–Kier alpha value is -3.02. The Balaban J connectivity index is 1.41. The highest BCUT2D eigenvalue weighted by Crippen LogP contribution is 2.49. The molecule has 4 rings (SSSR count). The number of methoxy groups -OCH3 is 2. The van der Waals surface area contributed by atoms with Gasteiger partial charge >= 0.3 is 0 Å². The van der Waals surface area contributed by atoms with Gasteiger partial charge in [-0.15, -0.1) is 0 Å². The zero-order valence-corrected chi connectivity index (χ0v) is 16.9. The molecule has 2 aliphatic rings. The summed E-state index contributed by atoms with van der Waals surface area (Å²) in [5.41, 5.74) is 1.32. The predicted molar refractivity (Wildman–Crippen MR) is 109 cm³/mol. The van der Waals surface area contributed by atoms with Gasteiger partial charge in [-0.1, -0.05) is 30.3 Å². The molecule has 0 radical (unpaired) electrons. The van der Waals surface area contributed by atoms with Crippen LogP contribution in [0.2, 0.25) is 0 Å². The number of carbonyl (C=O) groups is 2. The van der Waals surface area contributed by atoms with Crippen molar-refractivity contribution in [2.24, 2.45) is 0 Å². The van der Waals surface area contributed by atoms with Gasteiger partial charge in [0.25, 0.3) is 5.91 Å². The fraction of sp³-hybridized carbons (Fsp3) is 0.391. The van der Waals surface area contributed by atoms with Gasteiger partial charge in [-0.3, -0.25) is 9.59 Å². The van der Waals surface area contributed by atoms with Crippen LogP contribution in [0.1, 0.15) is 28.8 Å². The number of piperazine rings is 1. The normalized spacial score (nSPS) is 17.6. The van der Waals surface area contributed by atoms with E-state index in [1.165, 1.54) is 0 Å². The Labute approximate surface area is 171 Å². The van der Waals surface area contributed by atoms with Gasteiger partial charge in [0.2, 0.25) is 5.91 Å². The van der Waals surface area contributed by atoms with Gasteiger partial charge in [-0.2, -0.15) is 0 Å². The number of nitrogens with zero attached hydrogens (tertiary/aromatic N) is 2. The van der Waals surface area contributed by atoms with Crippen molar-refractivity contribution in [2.45, 2.75) is 18.3 Å². The first-order valence-corrected chi connectivity index (χ1v) is 9.95. The van der Waals surface area contributed by atoms with E-state index in [2.05, 4.69) is 0 Å². The van der Waals surface area contributed by atoms with Gasteiger partial charge < -0.3 is 19.3 Å². The highest BCUT2D eigenvalue weighted by Gasteiger charge is 2.53. The molecule has 1 aliphatic heterocycles. The zero-order chi connectivity index (χ0) is 20.4. The standard InChI is InChI=1S/C23H26N2O4/c1-28-19-9-8-17(16-20(19)29-2)21(26)24-12-14-25(15-13-24)22(27)23(10-11-23)18-6-4-3-5-7-18/h3-9,16H,10-15H2,1-2H3. The van der Waals surface area contributed by atoms with Crippen molar-refractivity contribution >= 4 is 11.8 Å². The predicted octanol–water partition coefficient (Wildman–Crippen LogP) is 2.72. The van der Waals surface area contributed by atoms with E-state index in [4.69, 9.17) is 9.47 Å². The number of hydrogen-bond donors (Lipinski definition) is 0. The van der Waals surface area contributed by atoms with Gasteiger partial charge in [0.05, 0.1) is 19.6 Å². The van der Waals surface area contributed by atoms with E-state index < -0.39 is 0 Å². The van der Waals surface area contributed by atoms with Crippen molar-refractivity contribution in [2.75, 3.05) is 40.4 Å². The summed E-state index contributed by atoms with van der Waals surface area (Å²) in [5.74, 6) is 1.27. The SMILES string of the molecule is COc1ccc(C(=O)N2CCN(C(=O)C3(c4ccccc4)CC3)CC2)cc1OC. The zero-order valence-electron chi connectivity index (χ0n) is 16.9. The third-order valence-electron chi connectivity index (χ3n) is 5.97. The van der Waals surface area contributed by atoms with Gasteiger partial charge in [-0.05, 0) is 36.6 Å². The topological polar surface area (TPSA) is 59.1 Å². The molecule has 2 amide bonds. The van der Waals surface area contributed by atoms with Gasteiger partial charge in [-0.25, -0.2) is 0 Å². The van der Waals surface area contributed by atoms with E-state index >= 15 is 0 Å². The number of amides is 2. The maximum Gasteiger partial charge on any atom is 0.254 e. The number of carbonyl (C=O) groups excluding carboxylic acids is 2. The van der Waals surface area contributed by atoms with E-state index in [1.807, 2.05) is 35.2 Å². The summed E-state index contributed by atoms with van der Waals surface area (Å²) in [4.78, 5) is 29.8. The van der Waals surface area contributed by atoms with Gasteiger partial charge in [0.15, 0.2) is 11.5 Å². The third-order valence-corrected chi connectivity index (χ3v) is 5.97. The molecule has 6 nitrogen and oxygen atoms in total. The summed E-state index contributed by atoms with van der Waals surface area (Å²) in [6, 6.07) is 15.2. The lowest BCUT2D eigenvalue weighted by Gasteiger charge is -2.36. The first-order valence-electron chi connectivity index (χ1n) is 9.95. The van der Waals surface area contributed by atoms with Crippen LogP contribution in [0.25, 0.3) is 0 Å². The maximum atomic E-state index is 13.2. The van der Waals surface area contributed by atoms with Crippen LogP contribution in [-0.4, -0.2) is 62.0 Å². The van der Waals surface area contributed by atoms with Gasteiger partial charge in [0.1, 0.15) is 0 Å². The molecule has 0 atom stereocenters. The van der Waals surface area contributed by atoms with Crippen molar-refractivity contribution in [1.29, 1.82) is 0 Å². The number of hydrogen-bond acceptors (Lipinski definition) is 4. The molecule has 1 saturated carbocycles. The Bertz CT molecular complexity index is 900. The molecule has 0 aromatic heterocycles. The first kappa shape index (κ1) is 19.3. The largest absolute Gasteiger partial charge is 0.493 e. The Kier molecular flexibility index (Phi) is 5.18. The molecular weight excluding hydrogens is 368 g/mol. The lowest BCUT2D eigenvalue weighted by atomic mass is 9.94. The van der Waals surface area contributed by atoms with Crippen LogP contribution in [-0.2, 0) is 10.2 Å². The molecule has 152 valence electrons. The molecule has 29 heavy (non-hydrogen) atoms. The third kappa shape index (κ3) is 3.55. The first-order chi connectivity index (χ1) is 14.1. The van der Waals surface area contributed by atoms with Crippen molar-refractivity contribution in [3.05, 3.63) is 59.7 Å². The monoisotopic (exact) mass is 394 g/mol. The fourth-order valence-corrected chi connectivity index (χ4v) is 4.08. The molecule has 0 N–H and O–H groups in total. The maximum absolute atomic E-state index is 13.2. The summed E-state index contributed by atoms with van der Waals surface area (Å²) in [7, 11) is 3.12. The minimum absolute atomic E-state index is 0.0535. The second-order valence-corrected chi connectivity index (χ2v) is 7.60. The Morgan fingerprint density at radius 1 is 0.828 bits per heavy atom. The Morgan fingerprint density at radius 2 is 1.45 bits per heavy atom. The van der Waals surface area contributed by atoms with Crippen molar-refractivity contribution < 1.29 is 19.1 Å². The molecule has 2 aromatic carbocycles. The van der Waals surface area contributed by atoms with Crippen LogP contribution in [0.15, 0.2) is 48.5 Å². The molecule has 2 fully saturated rings. The number of benzene rings is 2. The lowest BCUT2D eigenvalue weighted by Crippen LogP contribution is -2.53. The minimum Gasteiger partial charge on any atom is -0.493 e. The molecule has 1 saturated heterocycles. The highest BCUT2D eigenvalue weighted by atomic mass is 16.5. The minimum atomic E-state index is -0.350. The van der Waals surface area contributed by atoms with Gasteiger partial charge in [0, 0.05) is 31.7 Å². The molecular formula is C23H26N2O4. The quantitative estimate of drug-likeness (QED) is 0.783. The van der Waals surface area contributed by atoms with E-state index in [1.54, 1.807) is 37.3 Å². The molecule has 0 unspecified atom stereocenters. The van der Waals surface area contributed by atoms with Crippen LogP contribution >= 0.6 is 0 Å². The second-order valence-electron chi connectivity index (χ2n) is 7.60. The molecule has 6 heteroatoms. The molecule has 1 aliphatic carbocycles. The molecule has 0 spiro atoms. The summed E-state index contributed by atoms with van der Waals surface area (Å²) in [5, 5.41) is 0. The number of ether oxygens (including phenoxy) is 2. The molecule has 1 heterocycles. The summed E-state index contributed by atoms with van der Waals surface area (Å²) in [6.07, 6.45) is 1.81. The Morgan fingerprint density at radius 3 is 2.03 bits per heavy atom. The average Bonchev–Trinajstić information content (AvgIpc) is 3.60. The van der Waals surface area contributed by atoms with Crippen molar-refractivity contribution in [1.82, 2.24) is 9.80 Å².